The topological polar surface area (TPSA) is 125 Å². The van der Waals surface area contributed by atoms with Crippen molar-refractivity contribution >= 4 is 18.0 Å². The highest BCUT2D eigenvalue weighted by Crippen LogP contribution is 2.18. The predicted molar refractivity (Wildman–Crippen MR) is 58.3 cm³/mol. The van der Waals surface area contributed by atoms with Crippen molar-refractivity contribution in [3.8, 4) is 0 Å². The van der Waals surface area contributed by atoms with Crippen LogP contribution in [0.2, 0.25) is 0 Å². The molecule has 1 fully saturated rings. The Bertz CT molecular complexity index is 314. The van der Waals surface area contributed by atoms with Gasteiger partial charge in [0.05, 0.1) is 6.42 Å². The van der Waals surface area contributed by atoms with E-state index in [1.807, 2.05) is 0 Å². The largest absolute Gasteiger partial charge is 0.481 e. The van der Waals surface area contributed by atoms with Gasteiger partial charge in [-0.25, -0.2) is 9.59 Å². The van der Waals surface area contributed by atoms with Crippen LogP contribution in [-0.2, 0) is 4.79 Å². The average Bonchev–Trinajstić information content (AvgIpc) is 2.16. The van der Waals surface area contributed by atoms with Gasteiger partial charge in [0.15, 0.2) is 0 Å². The van der Waals surface area contributed by atoms with Crippen LogP contribution in [0.25, 0.3) is 0 Å². The Hall–Kier alpha value is -1.99. The first-order chi connectivity index (χ1) is 7.99. The van der Waals surface area contributed by atoms with Gasteiger partial charge in [0.1, 0.15) is 0 Å². The summed E-state index contributed by atoms with van der Waals surface area (Å²) in [6, 6.07) is -0.886. The molecule has 0 aromatic heterocycles. The van der Waals surface area contributed by atoms with Crippen LogP contribution in [0, 0.1) is 5.92 Å². The molecule has 1 aliphatic rings. The Morgan fingerprint density at radius 2 is 1.82 bits per heavy atom. The van der Waals surface area contributed by atoms with Gasteiger partial charge in [-0.05, 0) is 0 Å². The molecule has 5 N–H and O–H groups in total. The molecule has 1 aliphatic heterocycles. The van der Waals surface area contributed by atoms with E-state index in [1.165, 1.54) is 4.90 Å². The van der Waals surface area contributed by atoms with Gasteiger partial charge in [-0.2, -0.15) is 0 Å². The minimum atomic E-state index is -0.847. The summed E-state index contributed by atoms with van der Waals surface area (Å²) >= 11 is 0. The lowest BCUT2D eigenvalue weighted by Gasteiger charge is -2.38. The number of nitrogens with zero attached hydrogens (tertiary/aromatic N) is 1. The monoisotopic (exact) mass is 244 g/mol. The summed E-state index contributed by atoms with van der Waals surface area (Å²) in [5.74, 6) is -0.803. The normalized spacial score (nSPS) is 14.9. The number of nitrogens with one attached hydrogen (secondary N) is 2. The molecule has 0 aromatic rings. The second-order valence-corrected chi connectivity index (χ2v) is 3.89. The summed E-state index contributed by atoms with van der Waals surface area (Å²) in [7, 11) is 0. The first-order valence-electron chi connectivity index (χ1n) is 5.27. The Balaban J connectivity index is 2.07. The highest BCUT2D eigenvalue weighted by atomic mass is 16.4. The number of carbonyl (C=O) groups is 3. The molecular weight excluding hydrogens is 228 g/mol. The van der Waals surface area contributed by atoms with E-state index >= 15 is 0 Å². The summed E-state index contributed by atoms with van der Waals surface area (Å²) in [6.07, 6.45) is 0.0903. The van der Waals surface area contributed by atoms with Gasteiger partial charge in [-0.15, -0.1) is 0 Å². The summed E-state index contributed by atoms with van der Waals surface area (Å²) in [4.78, 5) is 33.7. The van der Waals surface area contributed by atoms with E-state index < -0.39 is 12.0 Å². The maximum absolute atomic E-state index is 11.4. The standard InChI is InChI=1S/C9H16N4O4/c10-8(16)11-1-2-12-9(17)13-4-6(5-13)3-7(14)15/h6H,1-5H2,(H,12,17)(H,14,15)(H3,10,11,16). The molecule has 8 heteroatoms. The maximum Gasteiger partial charge on any atom is 0.317 e. The highest BCUT2D eigenvalue weighted by molar-refractivity contribution is 5.76. The number of aliphatic carboxylic acids is 1. The molecule has 4 amide bonds. The summed E-state index contributed by atoms with van der Waals surface area (Å²) in [5, 5.41) is 13.4. The van der Waals surface area contributed by atoms with Gasteiger partial charge in [0, 0.05) is 32.1 Å². The SMILES string of the molecule is NC(=O)NCCNC(=O)N1CC(CC(=O)O)C1. The minimum absolute atomic E-state index is 0.0435. The fraction of sp³-hybridized carbons (Fsp3) is 0.667. The summed E-state index contributed by atoms with van der Waals surface area (Å²) in [6.45, 7) is 1.48. The summed E-state index contributed by atoms with van der Waals surface area (Å²) in [5.41, 5.74) is 4.84. The van der Waals surface area contributed by atoms with Gasteiger partial charge < -0.3 is 26.4 Å². The molecule has 8 nitrogen and oxygen atoms in total. The van der Waals surface area contributed by atoms with E-state index in [4.69, 9.17) is 10.8 Å². The molecule has 0 unspecified atom stereocenters. The molecule has 1 heterocycles. The first kappa shape index (κ1) is 13.1. The number of nitrogens with two attached hydrogens (primary N) is 1. The Labute approximate surface area is 98.1 Å². The fourth-order valence-corrected chi connectivity index (χ4v) is 1.58. The van der Waals surface area contributed by atoms with Gasteiger partial charge in [-0.1, -0.05) is 0 Å². The zero-order valence-corrected chi connectivity index (χ0v) is 9.31. The van der Waals surface area contributed by atoms with Crippen molar-refractivity contribution in [1.82, 2.24) is 15.5 Å². The van der Waals surface area contributed by atoms with Gasteiger partial charge >= 0.3 is 18.0 Å². The van der Waals surface area contributed by atoms with Crippen LogP contribution in [0.3, 0.4) is 0 Å². The van der Waals surface area contributed by atoms with E-state index in [0.717, 1.165) is 0 Å². The number of amides is 4. The number of carboxylic acids is 1. The number of hydrogen-bond acceptors (Lipinski definition) is 3. The van der Waals surface area contributed by atoms with Crippen LogP contribution in [0.1, 0.15) is 6.42 Å². The fourth-order valence-electron chi connectivity index (χ4n) is 1.58. The average molecular weight is 244 g/mol. The van der Waals surface area contributed by atoms with Crippen molar-refractivity contribution < 1.29 is 19.5 Å². The Kier molecular flexibility index (Phi) is 4.56. The molecule has 0 aromatic carbocycles. The highest BCUT2D eigenvalue weighted by Gasteiger charge is 2.31. The lowest BCUT2D eigenvalue weighted by molar-refractivity contribution is -0.139. The molecule has 1 saturated heterocycles. The third-order valence-corrected chi connectivity index (χ3v) is 2.41. The lowest BCUT2D eigenvalue weighted by Crippen LogP contribution is -2.55. The third-order valence-electron chi connectivity index (χ3n) is 2.41. The van der Waals surface area contributed by atoms with E-state index in [-0.39, 0.29) is 24.9 Å². The smallest absolute Gasteiger partial charge is 0.317 e. The Morgan fingerprint density at radius 3 is 2.35 bits per heavy atom. The molecule has 0 atom stereocenters. The van der Waals surface area contributed by atoms with Crippen molar-refractivity contribution in [3.05, 3.63) is 0 Å². The van der Waals surface area contributed by atoms with Gasteiger partial charge in [0.2, 0.25) is 0 Å². The second kappa shape index (κ2) is 5.92. The number of rotatable bonds is 5. The molecule has 0 bridgehead atoms. The zero-order valence-electron chi connectivity index (χ0n) is 9.31. The van der Waals surface area contributed by atoms with Crippen LogP contribution in [0.4, 0.5) is 9.59 Å². The molecule has 1 rings (SSSR count). The van der Waals surface area contributed by atoms with Crippen LogP contribution in [-0.4, -0.2) is 54.2 Å². The number of likely N-dealkylation sites (tertiary alicyclic amines) is 1. The van der Waals surface area contributed by atoms with Gasteiger partial charge in [0.25, 0.3) is 0 Å². The predicted octanol–water partition coefficient (Wildman–Crippen LogP) is -1.23. The zero-order chi connectivity index (χ0) is 12.8. The van der Waals surface area contributed by atoms with Crippen molar-refractivity contribution in [1.29, 1.82) is 0 Å². The second-order valence-electron chi connectivity index (χ2n) is 3.89. The van der Waals surface area contributed by atoms with Gasteiger partial charge in [-0.3, -0.25) is 4.79 Å². The molecule has 0 aliphatic carbocycles. The van der Waals surface area contributed by atoms with Crippen molar-refractivity contribution in [2.24, 2.45) is 11.7 Å². The van der Waals surface area contributed by atoms with E-state index in [0.29, 0.717) is 19.6 Å². The van der Waals surface area contributed by atoms with Crippen LogP contribution >= 0.6 is 0 Å². The van der Waals surface area contributed by atoms with Crippen LogP contribution in [0.15, 0.2) is 0 Å². The number of primary amides is 1. The Morgan fingerprint density at radius 1 is 1.24 bits per heavy atom. The van der Waals surface area contributed by atoms with E-state index in [1.54, 1.807) is 0 Å². The summed E-state index contributed by atoms with van der Waals surface area (Å²) < 4.78 is 0. The van der Waals surface area contributed by atoms with Crippen molar-refractivity contribution in [2.45, 2.75) is 6.42 Å². The maximum atomic E-state index is 11.4. The molecule has 0 radical (unpaired) electrons. The lowest BCUT2D eigenvalue weighted by atomic mass is 9.97. The number of urea groups is 2. The number of hydrogen-bond donors (Lipinski definition) is 4. The number of carboxylic acid groups (broad SMARTS) is 1. The quantitative estimate of drug-likeness (QED) is 0.452. The molecule has 17 heavy (non-hydrogen) atoms. The van der Waals surface area contributed by atoms with Crippen molar-refractivity contribution in [3.63, 3.8) is 0 Å². The molecule has 0 saturated carbocycles. The first-order valence-corrected chi connectivity index (χ1v) is 5.27. The van der Waals surface area contributed by atoms with Crippen LogP contribution in [0.5, 0.6) is 0 Å². The molecular formula is C9H16N4O4. The van der Waals surface area contributed by atoms with Crippen molar-refractivity contribution in [2.75, 3.05) is 26.2 Å². The van der Waals surface area contributed by atoms with E-state index in [9.17, 15) is 14.4 Å². The number of carbonyl (C=O) groups excluding carboxylic acids is 2. The van der Waals surface area contributed by atoms with E-state index in [2.05, 4.69) is 10.6 Å². The molecule has 96 valence electrons. The minimum Gasteiger partial charge on any atom is -0.481 e. The molecule has 0 spiro atoms. The third kappa shape index (κ3) is 4.58. The van der Waals surface area contributed by atoms with Crippen LogP contribution < -0.4 is 16.4 Å².